The van der Waals surface area contributed by atoms with Gasteiger partial charge in [-0.3, -0.25) is 9.20 Å². The lowest BCUT2D eigenvalue weighted by molar-refractivity contribution is -0.115. The van der Waals surface area contributed by atoms with Crippen molar-refractivity contribution in [2.24, 2.45) is 0 Å². The zero-order chi connectivity index (χ0) is 14.2. The van der Waals surface area contributed by atoms with Crippen LogP contribution in [0.15, 0.2) is 42.0 Å². The number of anilines is 1. The number of hydrogen-bond donors (Lipinski definition) is 1. The second-order valence-corrected chi connectivity index (χ2v) is 6.39. The van der Waals surface area contributed by atoms with Crippen molar-refractivity contribution in [2.45, 2.75) is 6.42 Å². The Kier molecular flexibility index (Phi) is 2.94. The van der Waals surface area contributed by atoms with Crippen LogP contribution in [0.1, 0.15) is 5.69 Å². The molecule has 3 heterocycles. The summed E-state index contributed by atoms with van der Waals surface area (Å²) in [5.41, 5.74) is 1.84. The van der Waals surface area contributed by atoms with Crippen molar-refractivity contribution in [2.75, 3.05) is 5.32 Å². The first-order valence-corrected chi connectivity index (χ1v) is 8.04. The highest BCUT2D eigenvalue weighted by molar-refractivity contribution is 7.22. The molecule has 0 saturated heterocycles. The van der Waals surface area contributed by atoms with Gasteiger partial charge >= 0.3 is 0 Å². The van der Waals surface area contributed by atoms with Gasteiger partial charge in [0.15, 0.2) is 10.1 Å². The summed E-state index contributed by atoms with van der Waals surface area (Å²) >= 11 is 3.02. The number of aromatic nitrogens is 3. The molecule has 4 rings (SSSR count). The maximum atomic E-state index is 12.1. The number of amides is 1. The van der Waals surface area contributed by atoms with E-state index in [1.807, 2.05) is 40.2 Å². The van der Waals surface area contributed by atoms with Gasteiger partial charge in [-0.05, 0) is 12.1 Å². The predicted octanol–water partition coefficient (Wildman–Crippen LogP) is 3.19. The van der Waals surface area contributed by atoms with Gasteiger partial charge in [-0.1, -0.05) is 23.5 Å². The molecule has 0 bridgehead atoms. The number of nitrogens with one attached hydrogen (secondary N) is 1. The van der Waals surface area contributed by atoms with Crippen LogP contribution in [0.25, 0.3) is 15.2 Å². The zero-order valence-corrected chi connectivity index (χ0v) is 12.4. The minimum absolute atomic E-state index is 0.0672. The van der Waals surface area contributed by atoms with Crippen LogP contribution in [0.2, 0.25) is 0 Å². The molecule has 1 N–H and O–H groups in total. The van der Waals surface area contributed by atoms with Gasteiger partial charge in [0, 0.05) is 23.5 Å². The second-order valence-electron chi connectivity index (χ2n) is 4.52. The maximum absolute atomic E-state index is 12.1. The standard InChI is InChI=1S/C14H10N4OS2/c19-12(7-9-8-20-14-15-5-6-18(9)14)17-13-16-10-3-1-2-4-11(10)21-13/h1-6,8H,7H2,(H,16,17,19). The van der Waals surface area contributed by atoms with E-state index in [0.717, 1.165) is 20.9 Å². The molecule has 4 aromatic rings. The monoisotopic (exact) mass is 314 g/mol. The number of thiazole rings is 2. The van der Waals surface area contributed by atoms with Gasteiger partial charge in [0.05, 0.1) is 16.6 Å². The van der Waals surface area contributed by atoms with Crippen LogP contribution in [0, 0.1) is 0 Å². The van der Waals surface area contributed by atoms with Gasteiger partial charge < -0.3 is 5.32 Å². The van der Waals surface area contributed by atoms with Crippen molar-refractivity contribution < 1.29 is 4.79 Å². The molecule has 0 radical (unpaired) electrons. The lowest BCUT2D eigenvalue weighted by atomic mass is 10.3. The molecule has 7 heteroatoms. The number of imidazole rings is 1. The summed E-state index contributed by atoms with van der Waals surface area (Å²) in [4.78, 5) is 21.7. The fraction of sp³-hybridized carbons (Fsp3) is 0.0714. The molecule has 0 spiro atoms. The first kappa shape index (κ1) is 12.5. The van der Waals surface area contributed by atoms with Crippen LogP contribution in [-0.2, 0) is 11.2 Å². The van der Waals surface area contributed by atoms with Crippen molar-refractivity contribution >= 4 is 48.9 Å². The van der Waals surface area contributed by atoms with E-state index in [-0.39, 0.29) is 5.91 Å². The number of para-hydroxylation sites is 1. The molecule has 104 valence electrons. The van der Waals surface area contributed by atoms with E-state index in [4.69, 9.17) is 0 Å². The summed E-state index contributed by atoms with van der Waals surface area (Å²) in [7, 11) is 0. The van der Waals surface area contributed by atoms with Crippen LogP contribution < -0.4 is 5.32 Å². The van der Waals surface area contributed by atoms with Gasteiger partial charge in [-0.15, -0.1) is 11.3 Å². The van der Waals surface area contributed by atoms with Crippen molar-refractivity contribution in [1.29, 1.82) is 0 Å². The molecule has 21 heavy (non-hydrogen) atoms. The van der Waals surface area contributed by atoms with Crippen LogP contribution in [0.5, 0.6) is 0 Å². The van der Waals surface area contributed by atoms with Crippen molar-refractivity contribution in [3.8, 4) is 0 Å². The lowest BCUT2D eigenvalue weighted by Gasteiger charge is -2.00. The van der Waals surface area contributed by atoms with Crippen molar-refractivity contribution in [1.82, 2.24) is 14.4 Å². The van der Waals surface area contributed by atoms with Crippen LogP contribution in [-0.4, -0.2) is 20.3 Å². The summed E-state index contributed by atoms with van der Waals surface area (Å²) in [5.74, 6) is -0.0672. The van der Waals surface area contributed by atoms with Crippen LogP contribution in [0.4, 0.5) is 5.13 Å². The Morgan fingerprint density at radius 2 is 2.24 bits per heavy atom. The summed E-state index contributed by atoms with van der Waals surface area (Å²) in [6.45, 7) is 0. The molecule has 0 fully saturated rings. The Hall–Kier alpha value is -2.25. The maximum Gasteiger partial charge on any atom is 0.232 e. The molecule has 3 aromatic heterocycles. The molecule has 5 nitrogen and oxygen atoms in total. The molecule has 0 aliphatic heterocycles. The fourth-order valence-corrected chi connectivity index (χ4v) is 3.89. The molecule has 0 unspecified atom stereocenters. The van der Waals surface area contributed by atoms with E-state index in [1.165, 1.54) is 22.7 Å². The van der Waals surface area contributed by atoms with E-state index in [1.54, 1.807) is 6.20 Å². The number of fused-ring (bicyclic) bond motifs is 2. The minimum atomic E-state index is -0.0672. The highest BCUT2D eigenvalue weighted by Crippen LogP contribution is 2.25. The van der Waals surface area contributed by atoms with Crippen molar-refractivity contribution in [3.63, 3.8) is 0 Å². The molecule has 0 saturated carbocycles. The second kappa shape index (κ2) is 4.94. The Labute approximate surface area is 127 Å². The molecule has 0 aliphatic carbocycles. The SMILES string of the molecule is O=C(Cc1csc2nccn12)Nc1nc2ccccc2s1. The molecule has 0 aliphatic rings. The molecule has 1 aromatic carbocycles. The average Bonchev–Trinajstić information content (AvgIpc) is 3.14. The smallest absolute Gasteiger partial charge is 0.232 e. The van der Waals surface area contributed by atoms with Crippen LogP contribution >= 0.6 is 22.7 Å². The molecular weight excluding hydrogens is 304 g/mol. The number of rotatable bonds is 3. The van der Waals surface area contributed by atoms with Gasteiger partial charge in [0.1, 0.15) is 0 Å². The summed E-state index contributed by atoms with van der Waals surface area (Å²) in [6.07, 6.45) is 3.92. The zero-order valence-electron chi connectivity index (χ0n) is 10.8. The first-order chi connectivity index (χ1) is 10.3. The molecule has 0 atom stereocenters. The Morgan fingerprint density at radius 1 is 1.33 bits per heavy atom. The van der Waals surface area contributed by atoms with Gasteiger partial charge in [0.25, 0.3) is 0 Å². The third-order valence-electron chi connectivity index (χ3n) is 3.10. The number of carbonyl (C=O) groups excluding carboxylic acids is 1. The number of carbonyl (C=O) groups is 1. The number of nitrogens with zero attached hydrogens (tertiary/aromatic N) is 3. The highest BCUT2D eigenvalue weighted by atomic mass is 32.1. The Bertz CT molecular complexity index is 904. The fourth-order valence-electron chi connectivity index (χ4n) is 2.15. The normalized spacial score (nSPS) is 11.2. The van der Waals surface area contributed by atoms with Crippen LogP contribution in [0.3, 0.4) is 0 Å². The van der Waals surface area contributed by atoms with Gasteiger partial charge in [0.2, 0.25) is 5.91 Å². The first-order valence-electron chi connectivity index (χ1n) is 6.34. The quantitative estimate of drug-likeness (QED) is 0.632. The highest BCUT2D eigenvalue weighted by Gasteiger charge is 2.11. The topological polar surface area (TPSA) is 59.3 Å². The summed E-state index contributed by atoms with van der Waals surface area (Å²) in [6, 6.07) is 7.84. The number of benzene rings is 1. The lowest BCUT2D eigenvalue weighted by Crippen LogP contribution is -2.15. The average molecular weight is 314 g/mol. The molecular formula is C14H10N4OS2. The van der Waals surface area contributed by atoms with Gasteiger partial charge in [-0.25, -0.2) is 9.97 Å². The predicted molar refractivity (Wildman–Crippen MR) is 85.0 cm³/mol. The Balaban J connectivity index is 1.54. The van der Waals surface area contributed by atoms with E-state index in [9.17, 15) is 4.79 Å². The van der Waals surface area contributed by atoms with E-state index < -0.39 is 0 Å². The van der Waals surface area contributed by atoms with E-state index in [0.29, 0.717) is 11.6 Å². The third-order valence-corrected chi connectivity index (χ3v) is 4.95. The third kappa shape index (κ3) is 2.30. The minimum Gasteiger partial charge on any atom is -0.302 e. The summed E-state index contributed by atoms with van der Waals surface area (Å²) < 4.78 is 3.00. The summed E-state index contributed by atoms with van der Waals surface area (Å²) in [5, 5.41) is 5.46. The van der Waals surface area contributed by atoms with Gasteiger partial charge in [-0.2, -0.15) is 0 Å². The van der Waals surface area contributed by atoms with E-state index >= 15 is 0 Å². The molecule has 1 amide bonds. The Morgan fingerprint density at radius 3 is 3.14 bits per heavy atom. The largest absolute Gasteiger partial charge is 0.302 e. The van der Waals surface area contributed by atoms with Crippen molar-refractivity contribution in [3.05, 3.63) is 47.7 Å². The van der Waals surface area contributed by atoms with E-state index in [2.05, 4.69) is 15.3 Å². The number of hydrogen-bond acceptors (Lipinski definition) is 5.